The molecule has 0 aromatic carbocycles. The first-order chi connectivity index (χ1) is 6.72. The van der Waals surface area contributed by atoms with Gasteiger partial charge in [-0.2, -0.15) is 10.7 Å². The first-order valence-electron chi connectivity index (χ1n) is 4.72. The minimum absolute atomic E-state index is 0.274. The van der Waals surface area contributed by atoms with E-state index >= 15 is 0 Å². The molecule has 0 amide bonds. The fourth-order valence-electron chi connectivity index (χ4n) is 1.68. The lowest BCUT2D eigenvalue weighted by Gasteiger charge is -2.34. The molecule has 0 unspecified atom stereocenters. The van der Waals surface area contributed by atoms with Crippen LogP contribution in [-0.4, -0.2) is 16.9 Å². The Kier molecular flexibility index (Phi) is 3.86. The van der Waals surface area contributed by atoms with Crippen LogP contribution in [0.2, 0.25) is 0 Å². The Morgan fingerprint density at radius 1 is 1.50 bits per heavy atom. The zero-order chi connectivity index (χ0) is 10.4. The molecule has 1 aliphatic rings. The molecule has 5 heteroatoms. The number of hydrogen-bond acceptors (Lipinski definition) is 5. The summed E-state index contributed by atoms with van der Waals surface area (Å²) in [7, 11) is 0. The van der Waals surface area contributed by atoms with Crippen LogP contribution in [0.5, 0.6) is 0 Å². The molecule has 0 aliphatic heterocycles. The Morgan fingerprint density at radius 3 is 2.64 bits per heavy atom. The normalized spacial score (nSPS) is 19.7. The average molecular weight is 198 g/mol. The smallest absolute Gasteiger partial charge is 0.321 e. The van der Waals surface area contributed by atoms with E-state index in [-0.39, 0.29) is 6.42 Å². The van der Waals surface area contributed by atoms with E-state index in [1.807, 2.05) is 0 Å². The summed E-state index contributed by atoms with van der Waals surface area (Å²) in [5.74, 6) is -0.587. The maximum absolute atomic E-state index is 11.1. The molecule has 0 aromatic rings. The number of carbonyl (C=O) groups is 1. The van der Waals surface area contributed by atoms with Crippen molar-refractivity contribution in [2.75, 3.05) is 0 Å². The summed E-state index contributed by atoms with van der Waals surface area (Å²) in [5.41, 5.74) is 1.10. The highest BCUT2D eigenvalue weighted by Gasteiger charge is 2.35. The summed E-state index contributed by atoms with van der Waals surface area (Å²) < 4.78 is 5.05. The van der Waals surface area contributed by atoms with Gasteiger partial charge in [-0.15, -0.1) is 0 Å². The first kappa shape index (κ1) is 11.0. The van der Waals surface area contributed by atoms with Gasteiger partial charge in [-0.25, -0.2) is 0 Å². The minimum atomic E-state index is -0.952. The van der Waals surface area contributed by atoms with Gasteiger partial charge in [0, 0.05) is 12.8 Å². The molecule has 0 aromatic heterocycles. The quantitative estimate of drug-likeness (QED) is 0.403. The van der Waals surface area contributed by atoms with Crippen molar-refractivity contribution in [2.45, 2.75) is 44.2 Å². The molecule has 1 rings (SSSR count). The van der Waals surface area contributed by atoms with Crippen molar-refractivity contribution in [1.82, 2.24) is 5.48 Å². The summed E-state index contributed by atoms with van der Waals surface area (Å²) in [6.45, 7) is 0. The van der Waals surface area contributed by atoms with E-state index < -0.39 is 11.7 Å². The van der Waals surface area contributed by atoms with Gasteiger partial charge in [0.15, 0.2) is 5.72 Å². The number of hydrogen-bond donors (Lipinski definition) is 2. The third kappa shape index (κ3) is 2.69. The molecular formula is C9H14N2O3. The topological polar surface area (TPSA) is 82.4 Å². The number of rotatable bonds is 3. The third-order valence-electron chi connectivity index (χ3n) is 2.40. The zero-order valence-electron chi connectivity index (χ0n) is 7.95. The van der Waals surface area contributed by atoms with E-state index in [1.54, 1.807) is 6.07 Å². The van der Waals surface area contributed by atoms with Crippen LogP contribution in [0.15, 0.2) is 0 Å². The van der Waals surface area contributed by atoms with E-state index in [0.717, 1.165) is 19.3 Å². The number of esters is 1. The van der Waals surface area contributed by atoms with Gasteiger partial charge in [0.1, 0.15) is 6.42 Å². The molecule has 0 radical (unpaired) electrons. The van der Waals surface area contributed by atoms with E-state index in [1.165, 1.54) is 0 Å². The standard InChI is InChI=1S/C9H14N2O3/c10-7-4-8(12)14-9(11-13)5-2-1-3-6-9/h11,13H,1-6H2. The van der Waals surface area contributed by atoms with Crippen molar-refractivity contribution in [3.63, 3.8) is 0 Å². The summed E-state index contributed by atoms with van der Waals surface area (Å²) in [5, 5.41) is 17.2. The molecule has 0 heterocycles. The molecule has 0 spiro atoms. The lowest BCUT2D eigenvalue weighted by atomic mass is 9.92. The predicted octanol–water partition coefficient (Wildman–Crippen LogP) is 1.08. The van der Waals surface area contributed by atoms with E-state index in [9.17, 15) is 4.79 Å². The average Bonchev–Trinajstić information content (AvgIpc) is 2.19. The molecule has 14 heavy (non-hydrogen) atoms. The second kappa shape index (κ2) is 4.94. The van der Waals surface area contributed by atoms with Crippen LogP contribution in [0.3, 0.4) is 0 Å². The fourth-order valence-corrected chi connectivity index (χ4v) is 1.68. The molecule has 78 valence electrons. The highest BCUT2D eigenvalue weighted by molar-refractivity contribution is 5.72. The Balaban J connectivity index is 2.52. The molecule has 0 atom stereocenters. The number of nitrogens with one attached hydrogen (secondary N) is 1. The van der Waals surface area contributed by atoms with E-state index in [2.05, 4.69) is 5.48 Å². The molecule has 1 fully saturated rings. The molecular weight excluding hydrogens is 184 g/mol. The number of hydroxylamine groups is 1. The van der Waals surface area contributed by atoms with Gasteiger partial charge < -0.3 is 9.94 Å². The van der Waals surface area contributed by atoms with Crippen molar-refractivity contribution < 1.29 is 14.7 Å². The van der Waals surface area contributed by atoms with Crippen LogP contribution in [0.25, 0.3) is 0 Å². The van der Waals surface area contributed by atoms with Crippen LogP contribution in [0, 0.1) is 11.3 Å². The van der Waals surface area contributed by atoms with Crippen LogP contribution in [-0.2, 0) is 9.53 Å². The Hall–Kier alpha value is -1.12. The van der Waals surface area contributed by atoms with Crippen molar-refractivity contribution in [1.29, 1.82) is 5.26 Å². The summed E-state index contributed by atoms with van der Waals surface area (Å²) in [4.78, 5) is 11.1. The van der Waals surface area contributed by atoms with Crippen molar-refractivity contribution in [3.8, 4) is 6.07 Å². The van der Waals surface area contributed by atoms with Crippen LogP contribution in [0.4, 0.5) is 0 Å². The zero-order valence-corrected chi connectivity index (χ0v) is 7.95. The lowest BCUT2D eigenvalue weighted by molar-refractivity contribution is -0.184. The Morgan fingerprint density at radius 2 is 2.14 bits per heavy atom. The van der Waals surface area contributed by atoms with E-state index in [4.69, 9.17) is 15.2 Å². The van der Waals surface area contributed by atoms with Gasteiger partial charge >= 0.3 is 5.97 Å². The SMILES string of the molecule is N#CCC(=O)OC1(NO)CCCCC1. The van der Waals surface area contributed by atoms with Gasteiger partial charge in [-0.05, 0) is 12.8 Å². The van der Waals surface area contributed by atoms with Gasteiger partial charge in [-0.1, -0.05) is 6.42 Å². The van der Waals surface area contributed by atoms with E-state index in [0.29, 0.717) is 12.8 Å². The third-order valence-corrected chi connectivity index (χ3v) is 2.40. The maximum atomic E-state index is 11.1. The van der Waals surface area contributed by atoms with Crippen LogP contribution >= 0.6 is 0 Å². The Bertz CT molecular complexity index is 241. The molecule has 1 aliphatic carbocycles. The Labute approximate surface area is 82.6 Å². The minimum Gasteiger partial charge on any atom is -0.441 e. The predicted molar refractivity (Wildman–Crippen MR) is 47.1 cm³/mol. The molecule has 1 saturated carbocycles. The number of carbonyl (C=O) groups excluding carboxylic acids is 1. The van der Waals surface area contributed by atoms with Crippen molar-refractivity contribution in [3.05, 3.63) is 0 Å². The molecule has 2 N–H and O–H groups in total. The fraction of sp³-hybridized carbons (Fsp3) is 0.778. The number of nitrogens with zero attached hydrogens (tertiary/aromatic N) is 1. The molecule has 0 bridgehead atoms. The monoisotopic (exact) mass is 198 g/mol. The molecule has 0 saturated heterocycles. The van der Waals surface area contributed by atoms with Crippen molar-refractivity contribution in [2.24, 2.45) is 0 Å². The van der Waals surface area contributed by atoms with Gasteiger partial charge in [0.05, 0.1) is 6.07 Å². The van der Waals surface area contributed by atoms with Crippen LogP contribution in [0.1, 0.15) is 38.5 Å². The van der Waals surface area contributed by atoms with Crippen molar-refractivity contribution >= 4 is 5.97 Å². The summed E-state index contributed by atoms with van der Waals surface area (Å²) in [6, 6.07) is 1.71. The maximum Gasteiger partial charge on any atom is 0.321 e. The number of nitriles is 1. The van der Waals surface area contributed by atoms with Gasteiger partial charge in [0.25, 0.3) is 0 Å². The highest BCUT2D eigenvalue weighted by atomic mass is 16.6. The number of ether oxygens (including phenoxy) is 1. The highest BCUT2D eigenvalue weighted by Crippen LogP contribution is 2.29. The largest absolute Gasteiger partial charge is 0.441 e. The van der Waals surface area contributed by atoms with Gasteiger partial charge in [0.2, 0.25) is 0 Å². The summed E-state index contributed by atoms with van der Waals surface area (Å²) in [6.07, 6.45) is 3.82. The second-order valence-corrected chi connectivity index (χ2v) is 3.48. The first-order valence-corrected chi connectivity index (χ1v) is 4.72. The molecule has 5 nitrogen and oxygen atoms in total. The second-order valence-electron chi connectivity index (χ2n) is 3.48. The van der Waals surface area contributed by atoms with Crippen LogP contribution < -0.4 is 5.48 Å². The van der Waals surface area contributed by atoms with Gasteiger partial charge in [-0.3, -0.25) is 4.79 Å². The summed E-state index contributed by atoms with van der Waals surface area (Å²) >= 11 is 0. The lowest BCUT2D eigenvalue weighted by Crippen LogP contribution is -2.48.